The number of halogens is 1. The Morgan fingerprint density at radius 2 is 1.85 bits per heavy atom. The molecule has 3 rings (SSSR count). The molecule has 0 saturated carbocycles. The van der Waals surface area contributed by atoms with E-state index < -0.39 is 33.1 Å². The molecule has 0 fully saturated rings. The SMILES string of the molecule is Cc1cc(C)n(-c2cccc(C(=O)CNS(=O)(=O)c3ccccc3F)c2)n1. The second-order valence-corrected chi connectivity index (χ2v) is 7.80. The van der Waals surface area contributed by atoms with E-state index >= 15 is 0 Å². The fourth-order valence-corrected chi connectivity index (χ4v) is 3.76. The van der Waals surface area contributed by atoms with E-state index in [0.717, 1.165) is 23.5 Å². The zero-order chi connectivity index (χ0) is 19.6. The number of ketones is 1. The Morgan fingerprint density at radius 3 is 2.52 bits per heavy atom. The van der Waals surface area contributed by atoms with Crippen molar-refractivity contribution in [2.45, 2.75) is 18.7 Å². The molecule has 2 aromatic carbocycles. The van der Waals surface area contributed by atoms with Crippen molar-refractivity contribution in [2.24, 2.45) is 0 Å². The molecule has 1 N–H and O–H groups in total. The number of Topliss-reactive ketones (excluding diaryl/α,β-unsaturated/α-hetero) is 1. The Kier molecular flexibility index (Phi) is 5.20. The average Bonchev–Trinajstić information content (AvgIpc) is 2.98. The topological polar surface area (TPSA) is 81.1 Å². The lowest BCUT2D eigenvalue weighted by Crippen LogP contribution is -2.30. The highest BCUT2D eigenvalue weighted by molar-refractivity contribution is 7.89. The smallest absolute Gasteiger partial charge is 0.243 e. The van der Waals surface area contributed by atoms with Gasteiger partial charge in [-0.05, 0) is 44.2 Å². The highest BCUT2D eigenvalue weighted by Crippen LogP contribution is 2.15. The van der Waals surface area contributed by atoms with Crippen LogP contribution in [0.4, 0.5) is 4.39 Å². The van der Waals surface area contributed by atoms with Gasteiger partial charge in [0.15, 0.2) is 5.78 Å². The first kappa shape index (κ1) is 18.9. The molecule has 0 bridgehead atoms. The molecule has 0 unspecified atom stereocenters. The van der Waals surface area contributed by atoms with Gasteiger partial charge in [0, 0.05) is 11.3 Å². The summed E-state index contributed by atoms with van der Waals surface area (Å²) in [4.78, 5) is 11.9. The molecule has 0 aliphatic carbocycles. The van der Waals surface area contributed by atoms with Crippen molar-refractivity contribution in [3.05, 3.63) is 77.4 Å². The highest BCUT2D eigenvalue weighted by atomic mass is 32.2. The van der Waals surface area contributed by atoms with Gasteiger partial charge in [0.2, 0.25) is 10.0 Å². The molecular weight excluding hydrogens is 369 g/mol. The van der Waals surface area contributed by atoms with Crippen LogP contribution in [0.25, 0.3) is 5.69 Å². The van der Waals surface area contributed by atoms with E-state index in [1.165, 1.54) is 12.1 Å². The number of hydrogen-bond donors (Lipinski definition) is 1. The molecule has 3 aromatic rings. The maximum Gasteiger partial charge on any atom is 0.243 e. The Hall–Kier alpha value is -2.84. The lowest BCUT2D eigenvalue weighted by Gasteiger charge is -2.09. The lowest BCUT2D eigenvalue weighted by molar-refractivity contribution is 0.0997. The summed E-state index contributed by atoms with van der Waals surface area (Å²) >= 11 is 0. The number of carbonyl (C=O) groups excluding carboxylic acids is 1. The number of nitrogens with one attached hydrogen (secondary N) is 1. The molecule has 6 nitrogen and oxygen atoms in total. The maximum atomic E-state index is 13.7. The number of sulfonamides is 1. The van der Waals surface area contributed by atoms with Crippen molar-refractivity contribution in [3.8, 4) is 5.69 Å². The van der Waals surface area contributed by atoms with Crippen molar-refractivity contribution in [2.75, 3.05) is 6.54 Å². The van der Waals surface area contributed by atoms with E-state index in [1.807, 2.05) is 19.9 Å². The van der Waals surface area contributed by atoms with Crippen LogP contribution < -0.4 is 4.72 Å². The van der Waals surface area contributed by atoms with Gasteiger partial charge in [0.05, 0.1) is 17.9 Å². The molecule has 0 aliphatic rings. The van der Waals surface area contributed by atoms with Gasteiger partial charge in [-0.1, -0.05) is 24.3 Å². The quantitative estimate of drug-likeness (QED) is 0.660. The minimum Gasteiger partial charge on any atom is -0.293 e. The first-order chi connectivity index (χ1) is 12.8. The minimum absolute atomic E-state index is 0.330. The second kappa shape index (κ2) is 7.42. The van der Waals surface area contributed by atoms with E-state index in [4.69, 9.17) is 0 Å². The van der Waals surface area contributed by atoms with Crippen molar-refractivity contribution in [3.63, 3.8) is 0 Å². The summed E-state index contributed by atoms with van der Waals surface area (Å²) in [5.41, 5.74) is 2.79. The van der Waals surface area contributed by atoms with Crippen molar-refractivity contribution < 1.29 is 17.6 Å². The number of aryl methyl sites for hydroxylation is 2. The van der Waals surface area contributed by atoms with Crippen LogP contribution in [0.2, 0.25) is 0 Å². The van der Waals surface area contributed by atoms with E-state index in [9.17, 15) is 17.6 Å². The Bertz CT molecular complexity index is 1110. The van der Waals surface area contributed by atoms with Crippen LogP contribution in [0.1, 0.15) is 21.7 Å². The van der Waals surface area contributed by atoms with Gasteiger partial charge in [-0.3, -0.25) is 4.79 Å². The zero-order valence-electron chi connectivity index (χ0n) is 14.8. The number of hydrogen-bond acceptors (Lipinski definition) is 4. The Labute approximate surface area is 156 Å². The molecule has 1 heterocycles. The molecule has 0 atom stereocenters. The van der Waals surface area contributed by atoms with Crippen molar-refractivity contribution in [1.29, 1.82) is 0 Å². The summed E-state index contributed by atoms with van der Waals surface area (Å²) in [7, 11) is -4.12. The predicted octanol–water partition coefficient (Wildman–Crippen LogP) is 2.79. The molecule has 0 amide bonds. The molecule has 0 saturated heterocycles. The van der Waals surface area contributed by atoms with E-state index in [-0.39, 0.29) is 0 Å². The van der Waals surface area contributed by atoms with Crippen LogP contribution >= 0.6 is 0 Å². The monoisotopic (exact) mass is 387 g/mol. The third kappa shape index (κ3) is 4.12. The second-order valence-electron chi connectivity index (χ2n) is 6.07. The van der Waals surface area contributed by atoms with E-state index in [0.29, 0.717) is 11.3 Å². The molecular formula is C19H18FN3O3S. The van der Waals surface area contributed by atoms with Crippen LogP contribution in [-0.2, 0) is 10.0 Å². The normalized spacial score (nSPS) is 11.5. The third-order valence-corrected chi connectivity index (χ3v) is 5.41. The average molecular weight is 387 g/mol. The largest absolute Gasteiger partial charge is 0.293 e. The van der Waals surface area contributed by atoms with Gasteiger partial charge < -0.3 is 0 Å². The fourth-order valence-electron chi connectivity index (χ4n) is 2.70. The number of rotatable bonds is 6. The van der Waals surface area contributed by atoms with Gasteiger partial charge in [-0.2, -0.15) is 5.10 Å². The molecule has 1 aromatic heterocycles. The summed E-state index contributed by atoms with van der Waals surface area (Å²) in [6, 6.07) is 13.6. The summed E-state index contributed by atoms with van der Waals surface area (Å²) in [6.45, 7) is 3.30. The van der Waals surface area contributed by atoms with E-state index in [1.54, 1.807) is 28.9 Å². The number of aromatic nitrogens is 2. The van der Waals surface area contributed by atoms with Gasteiger partial charge >= 0.3 is 0 Å². The summed E-state index contributed by atoms with van der Waals surface area (Å²) < 4.78 is 42.0. The van der Waals surface area contributed by atoms with Gasteiger partial charge in [0.1, 0.15) is 10.7 Å². The zero-order valence-corrected chi connectivity index (χ0v) is 15.6. The minimum atomic E-state index is -4.12. The molecule has 0 aliphatic heterocycles. The Morgan fingerprint density at radius 1 is 1.11 bits per heavy atom. The van der Waals surface area contributed by atoms with Crippen molar-refractivity contribution >= 4 is 15.8 Å². The molecule has 0 radical (unpaired) electrons. The van der Waals surface area contributed by atoms with Crippen LogP contribution in [0.3, 0.4) is 0 Å². The van der Waals surface area contributed by atoms with Gasteiger partial charge in [-0.15, -0.1) is 0 Å². The molecule has 0 spiro atoms. The Balaban J connectivity index is 1.78. The van der Waals surface area contributed by atoms with Crippen LogP contribution in [0.5, 0.6) is 0 Å². The van der Waals surface area contributed by atoms with Gasteiger partial charge in [-0.25, -0.2) is 22.2 Å². The third-order valence-electron chi connectivity index (χ3n) is 3.97. The van der Waals surface area contributed by atoms with E-state index in [2.05, 4.69) is 9.82 Å². The van der Waals surface area contributed by atoms with Crippen LogP contribution in [0.15, 0.2) is 59.5 Å². The predicted molar refractivity (Wildman–Crippen MR) is 99.0 cm³/mol. The summed E-state index contributed by atoms with van der Waals surface area (Å²) in [6.07, 6.45) is 0. The first-order valence-electron chi connectivity index (χ1n) is 8.19. The molecule has 140 valence electrons. The molecule has 8 heteroatoms. The fraction of sp³-hybridized carbons (Fsp3) is 0.158. The number of benzene rings is 2. The lowest BCUT2D eigenvalue weighted by atomic mass is 10.1. The van der Waals surface area contributed by atoms with Gasteiger partial charge in [0.25, 0.3) is 0 Å². The van der Waals surface area contributed by atoms with Crippen LogP contribution in [-0.4, -0.2) is 30.5 Å². The first-order valence-corrected chi connectivity index (χ1v) is 9.67. The van der Waals surface area contributed by atoms with Crippen molar-refractivity contribution in [1.82, 2.24) is 14.5 Å². The number of nitrogens with zero attached hydrogens (tertiary/aromatic N) is 2. The number of carbonyl (C=O) groups is 1. The van der Waals surface area contributed by atoms with Crippen LogP contribution in [0, 0.1) is 19.7 Å². The molecule has 27 heavy (non-hydrogen) atoms. The maximum absolute atomic E-state index is 13.7. The summed E-state index contributed by atoms with van der Waals surface area (Å²) in [5, 5.41) is 4.37. The highest BCUT2D eigenvalue weighted by Gasteiger charge is 2.20. The standard InChI is InChI=1S/C19H18FN3O3S/c1-13-10-14(2)23(22-13)16-7-5-6-15(11-16)18(24)12-21-27(25,26)19-9-4-3-8-17(19)20/h3-11,21H,12H2,1-2H3. The summed E-state index contributed by atoms with van der Waals surface area (Å²) in [5.74, 6) is -1.30.